The van der Waals surface area contributed by atoms with Crippen molar-refractivity contribution >= 4 is 42.7 Å². The van der Waals surface area contributed by atoms with Gasteiger partial charge in [-0.15, -0.1) is 28.9 Å². The Morgan fingerprint density at radius 1 is 0.906 bits per heavy atom. The van der Waals surface area contributed by atoms with Crippen LogP contribution in [0.2, 0.25) is 26.2 Å². The standard InChI is InChI=1S/C21H20NSi2.C5H8O2.Ir/c1-23(2)15-9-5-8-14-19(15)20-16(23)10-6-11-17(20)24(3,4)18-12-7-13-22-21(14)18;1-4(6)3-5(2)7;/h5-7,9-13H,1-4H3;3,6H,1-2H3;/q-1;;/b;4-3-;. The molecule has 2 aliphatic rings. The molecule has 0 saturated carbocycles. The first-order valence-corrected chi connectivity index (χ1v) is 16.6. The minimum atomic E-state index is -1.80. The minimum Gasteiger partial charge on any atom is -0.512 e. The molecule has 0 aliphatic carbocycles. The molecule has 1 aromatic heterocycles. The molecule has 0 amide bonds. The van der Waals surface area contributed by atoms with Crippen LogP contribution in [0.1, 0.15) is 13.8 Å². The van der Waals surface area contributed by atoms with Crippen LogP contribution in [0.5, 0.6) is 0 Å². The van der Waals surface area contributed by atoms with E-state index in [0.29, 0.717) is 0 Å². The molecule has 0 atom stereocenters. The number of aliphatic hydroxyl groups excluding tert-OH is 1. The average Bonchev–Trinajstić information content (AvgIpc) is 2.90. The zero-order chi connectivity index (χ0) is 22.6. The van der Waals surface area contributed by atoms with E-state index in [4.69, 9.17) is 10.1 Å². The van der Waals surface area contributed by atoms with E-state index in [1.54, 1.807) is 15.6 Å². The van der Waals surface area contributed by atoms with Gasteiger partial charge in [-0.1, -0.05) is 77.1 Å². The summed E-state index contributed by atoms with van der Waals surface area (Å²) in [6, 6.07) is 19.4. The summed E-state index contributed by atoms with van der Waals surface area (Å²) < 4.78 is 0. The van der Waals surface area contributed by atoms with Crippen molar-refractivity contribution in [3.63, 3.8) is 0 Å². The maximum Gasteiger partial charge on any atom is 0.155 e. The Bertz CT molecular complexity index is 1240. The molecule has 1 N–H and O–H groups in total. The first-order chi connectivity index (χ1) is 14.6. The van der Waals surface area contributed by atoms with Crippen molar-refractivity contribution in [1.29, 1.82) is 0 Å². The Hall–Kier alpha value is -2.12. The third-order valence-corrected chi connectivity index (χ3v) is 13.5. The van der Waals surface area contributed by atoms with Gasteiger partial charge >= 0.3 is 0 Å². The largest absolute Gasteiger partial charge is 0.512 e. The Kier molecular flexibility index (Phi) is 6.65. The molecule has 0 unspecified atom stereocenters. The molecule has 3 nitrogen and oxygen atoms in total. The van der Waals surface area contributed by atoms with Gasteiger partial charge in [0, 0.05) is 32.4 Å². The number of rotatable bonds is 1. The smallest absolute Gasteiger partial charge is 0.155 e. The number of nitrogens with zero attached hydrogens (tertiary/aromatic N) is 1. The van der Waals surface area contributed by atoms with E-state index < -0.39 is 16.1 Å². The molecule has 2 aromatic carbocycles. The maximum atomic E-state index is 10.0. The van der Waals surface area contributed by atoms with Crippen molar-refractivity contribution < 1.29 is 30.0 Å². The number of carbonyl (C=O) groups excluding carboxylic acids is 1. The molecule has 5 rings (SSSR count). The van der Waals surface area contributed by atoms with Crippen molar-refractivity contribution in [1.82, 2.24) is 4.98 Å². The summed E-state index contributed by atoms with van der Waals surface area (Å²) in [5, 5.41) is 14.5. The fourth-order valence-electron chi connectivity index (χ4n) is 5.02. The average molecular weight is 635 g/mol. The molecule has 0 spiro atoms. The number of hydrogen-bond donors (Lipinski definition) is 1. The number of allylic oxidation sites excluding steroid dienone is 2. The molecular weight excluding hydrogens is 607 g/mol. The van der Waals surface area contributed by atoms with E-state index in [1.165, 1.54) is 47.5 Å². The summed E-state index contributed by atoms with van der Waals surface area (Å²) in [6.45, 7) is 12.8. The molecule has 0 bridgehead atoms. The van der Waals surface area contributed by atoms with Gasteiger partial charge in [0.05, 0.1) is 13.8 Å². The summed E-state index contributed by atoms with van der Waals surface area (Å²) in [5.74, 6) is -0.0625. The van der Waals surface area contributed by atoms with Gasteiger partial charge in [-0.2, -0.15) is 0 Å². The van der Waals surface area contributed by atoms with Gasteiger partial charge in [0.2, 0.25) is 0 Å². The Labute approximate surface area is 206 Å². The number of carbonyl (C=O) groups is 1. The van der Waals surface area contributed by atoms with Gasteiger partial charge < -0.3 is 10.1 Å². The quantitative estimate of drug-likeness (QED) is 0.193. The van der Waals surface area contributed by atoms with Crippen LogP contribution in [-0.4, -0.2) is 32.0 Å². The molecule has 1 radical (unpaired) electrons. The van der Waals surface area contributed by atoms with E-state index in [1.807, 2.05) is 6.20 Å². The molecule has 32 heavy (non-hydrogen) atoms. The van der Waals surface area contributed by atoms with E-state index in [0.717, 1.165) is 0 Å². The van der Waals surface area contributed by atoms with Gasteiger partial charge in [-0.05, 0) is 25.6 Å². The number of aromatic nitrogens is 1. The molecule has 3 aromatic rings. The minimum absolute atomic E-state index is 0. The number of fused-ring (bicyclic) bond motifs is 2. The fraction of sp³-hybridized carbons (Fsp3) is 0.231. The van der Waals surface area contributed by atoms with Gasteiger partial charge in [-0.25, -0.2) is 0 Å². The van der Waals surface area contributed by atoms with E-state index >= 15 is 0 Å². The molecule has 6 heteroatoms. The van der Waals surface area contributed by atoms with Crippen molar-refractivity contribution in [2.45, 2.75) is 40.0 Å². The monoisotopic (exact) mass is 635 g/mol. The summed E-state index contributed by atoms with van der Waals surface area (Å²) >= 11 is 0. The predicted molar refractivity (Wildman–Crippen MR) is 135 cm³/mol. The van der Waals surface area contributed by atoms with Crippen molar-refractivity contribution in [2.75, 3.05) is 0 Å². The topological polar surface area (TPSA) is 50.2 Å². The number of ketones is 1. The molecule has 0 saturated heterocycles. The molecule has 167 valence electrons. The number of benzene rings is 2. The molecule has 3 heterocycles. The van der Waals surface area contributed by atoms with Crippen LogP contribution in [0, 0.1) is 6.07 Å². The SMILES string of the molecule is CC(=O)/C=C(/C)O.C[Si]1(C)c2cccnc2-c2[c-]ccc3c2-c2c1cccc2[Si]3(C)C.[Ir]. The Balaban J connectivity index is 0.000000318. The second-order valence-corrected chi connectivity index (χ2v) is 18.1. The number of aliphatic hydroxyl groups is 1. The third-order valence-electron chi connectivity index (χ3n) is 6.46. The van der Waals surface area contributed by atoms with Gasteiger partial charge in [0.1, 0.15) is 8.07 Å². The van der Waals surface area contributed by atoms with Crippen LogP contribution in [0.3, 0.4) is 0 Å². The zero-order valence-corrected chi connectivity index (χ0v) is 23.7. The molecule has 2 aliphatic heterocycles. The first kappa shape index (κ1) is 24.5. The summed E-state index contributed by atoms with van der Waals surface area (Å²) in [5.41, 5.74) is 5.37. The Morgan fingerprint density at radius 2 is 1.47 bits per heavy atom. The van der Waals surface area contributed by atoms with Crippen molar-refractivity contribution in [3.8, 4) is 22.4 Å². The van der Waals surface area contributed by atoms with Gasteiger partial charge in [-0.3, -0.25) is 4.79 Å². The van der Waals surface area contributed by atoms with Gasteiger partial charge in [0.25, 0.3) is 0 Å². The van der Waals surface area contributed by atoms with E-state index in [-0.39, 0.29) is 31.6 Å². The van der Waals surface area contributed by atoms with Crippen molar-refractivity contribution in [2.24, 2.45) is 0 Å². The van der Waals surface area contributed by atoms with E-state index in [9.17, 15) is 4.79 Å². The number of hydrogen-bond acceptors (Lipinski definition) is 3. The van der Waals surface area contributed by atoms with Crippen LogP contribution >= 0.6 is 0 Å². The summed E-state index contributed by atoms with van der Waals surface area (Å²) in [7, 11) is -3.44. The second kappa shape index (κ2) is 8.67. The normalized spacial score (nSPS) is 15.9. The first-order valence-electron chi connectivity index (χ1n) is 10.6. The van der Waals surface area contributed by atoms with Crippen LogP contribution in [-0.2, 0) is 24.9 Å². The Morgan fingerprint density at radius 3 is 2.03 bits per heavy atom. The van der Waals surface area contributed by atoms with Gasteiger partial charge in [0.15, 0.2) is 5.78 Å². The second-order valence-electron chi connectivity index (χ2n) is 9.42. The third kappa shape index (κ3) is 3.79. The summed E-state index contributed by atoms with van der Waals surface area (Å²) in [6.07, 6.45) is 3.10. The predicted octanol–water partition coefficient (Wildman–Crippen LogP) is 3.52. The van der Waals surface area contributed by atoms with Crippen LogP contribution in [0.25, 0.3) is 22.4 Å². The van der Waals surface area contributed by atoms with Crippen LogP contribution < -0.4 is 20.7 Å². The zero-order valence-electron chi connectivity index (χ0n) is 19.3. The van der Waals surface area contributed by atoms with Crippen LogP contribution in [0.4, 0.5) is 0 Å². The van der Waals surface area contributed by atoms with Crippen molar-refractivity contribution in [3.05, 3.63) is 66.6 Å². The van der Waals surface area contributed by atoms with Crippen LogP contribution in [0.15, 0.2) is 60.5 Å². The molecule has 0 fully saturated rings. The fourth-order valence-corrected chi connectivity index (χ4v) is 11.2. The summed E-state index contributed by atoms with van der Waals surface area (Å²) in [4.78, 5) is 14.8. The molecular formula is C26H28IrNO2Si2-. The number of pyridine rings is 1. The van der Waals surface area contributed by atoms with E-state index in [2.05, 4.69) is 74.7 Å². The maximum absolute atomic E-state index is 10.0.